The summed E-state index contributed by atoms with van der Waals surface area (Å²) in [5.74, 6) is -0.446. The van der Waals surface area contributed by atoms with Crippen LogP contribution < -0.4 is 16.0 Å². The number of hydrogen-bond donors (Lipinski definition) is 3. The van der Waals surface area contributed by atoms with E-state index in [9.17, 15) is 14.0 Å². The number of amides is 4. The van der Waals surface area contributed by atoms with Gasteiger partial charge < -0.3 is 15.4 Å². The van der Waals surface area contributed by atoms with Gasteiger partial charge in [0.15, 0.2) is 6.29 Å². The first-order valence-corrected chi connectivity index (χ1v) is 8.52. The first kappa shape index (κ1) is 17.9. The van der Waals surface area contributed by atoms with Gasteiger partial charge in [-0.15, -0.1) is 0 Å². The number of carbonyl (C=O) groups is 2. The number of imide groups is 1. The lowest BCUT2D eigenvalue weighted by molar-refractivity contribution is 0.0492. The number of hydrogen-bond acceptors (Lipinski definition) is 4. The van der Waals surface area contributed by atoms with Crippen LogP contribution >= 0.6 is 11.6 Å². The summed E-state index contributed by atoms with van der Waals surface area (Å²) in [5, 5.41) is 8.72. The molecular formula is C16H20ClFN4O3. The fourth-order valence-electron chi connectivity index (χ4n) is 3.04. The minimum Gasteiger partial charge on any atom is -0.381 e. The van der Waals surface area contributed by atoms with Crippen LogP contribution in [-0.2, 0) is 4.74 Å². The molecule has 0 aliphatic carbocycles. The topological polar surface area (TPSA) is 82.7 Å². The third-order valence-corrected chi connectivity index (χ3v) is 4.55. The van der Waals surface area contributed by atoms with Crippen LogP contribution in [-0.4, -0.2) is 42.5 Å². The van der Waals surface area contributed by atoms with Gasteiger partial charge in [-0.25, -0.2) is 18.9 Å². The SMILES string of the molecule is C[C@H](NC1NC(=O)N(C2CCOCC2)C(=O)N1)c1cc(F)cc(Cl)c1. The van der Waals surface area contributed by atoms with Crippen LogP contribution in [0.4, 0.5) is 14.0 Å². The lowest BCUT2D eigenvalue weighted by Gasteiger charge is -2.39. The Morgan fingerprint density at radius 2 is 1.88 bits per heavy atom. The van der Waals surface area contributed by atoms with Crippen LogP contribution in [0, 0.1) is 5.82 Å². The summed E-state index contributed by atoms with van der Waals surface area (Å²) in [7, 11) is 0. The standard InChI is InChI=1S/C16H20ClFN4O3/c1-9(10-6-11(17)8-12(18)7-10)19-14-20-15(23)22(16(24)21-14)13-2-4-25-5-3-13/h6-9,13-14,19H,2-5H2,1H3,(H,20,23)(H,21,24)/t9-/m0/s1. The van der Waals surface area contributed by atoms with Crippen molar-refractivity contribution < 1.29 is 18.7 Å². The Balaban J connectivity index is 1.63. The molecule has 4 amide bonds. The molecule has 9 heteroatoms. The van der Waals surface area contributed by atoms with Crippen LogP contribution in [0.5, 0.6) is 0 Å². The van der Waals surface area contributed by atoms with Crippen LogP contribution in [0.1, 0.15) is 31.4 Å². The Hall–Kier alpha value is -1.90. The first-order chi connectivity index (χ1) is 11.9. The molecule has 2 aliphatic heterocycles. The number of urea groups is 2. The van der Waals surface area contributed by atoms with E-state index in [1.807, 2.05) is 0 Å². The fourth-order valence-corrected chi connectivity index (χ4v) is 3.27. The first-order valence-electron chi connectivity index (χ1n) is 8.14. The average molecular weight is 371 g/mol. The third-order valence-electron chi connectivity index (χ3n) is 4.33. The number of nitrogens with zero attached hydrogens (tertiary/aromatic N) is 1. The highest BCUT2D eigenvalue weighted by molar-refractivity contribution is 6.30. The van der Waals surface area contributed by atoms with Crippen molar-refractivity contribution in [1.29, 1.82) is 0 Å². The molecule has 3 rings (SSSR count). The summed E-state index contributed by atoms with van der Waals surface area (Å²) < 4.78 is 18.7. The van der Waals surface area contributed by atoms with Crippen molar-refractivity contribution >= 4 is 23.7 Å². The van der Waals surface area contributed by atoms with Crippen LogP contribution in [0.2, 0.25) is 5.02 Å². The van der Waals surface area contributed by atoms with Gasteiger partial charge in [-0.2, -0.15) is 0 Å². The fraction of sp³-hybridized carbons (Fsp3) is 0.500. The molecule has 1 aromatic carbocycles. The smallest absolute Gasteiger partial charge is 0.328 e. The number of halogens is 2. The number of benzene rings is 1. The van der Waals surface area contributed by atoms with Gasteiger partial charge in [-0.05, 0) is 43.5 Å². The second-order valence-corrected chi connectivity index (χ2v) is 6.57. The molecule has 2 aliphatic rings. The van der Waals surface area contributed by atoms with E-state index < -0.39 is 24.2 Å². The molecule has 136 valence electrons. The second-order valence-electron chi connectivity index (χ2n) is 6.14. The molecule has 0 saturated carbocycles. The molecular weight excluding hydrogens is 351 g/mol. The van der Waals surface area contributed by atoms with Crippen LogP contribution in [0.3, 0.4) is 0 Å². The maximum Gasteiger partial charge on any atom is 0.328 e. The molecule has 2 saturated heterocycles. The lowest BCUT2D eigenvalue weighted by Crippen LogP contribution is -2.70. The zero-order chi connectivity index (χ0) is 18.0. The van der Waals surface area contributed by atoms with E-state index in [2.05, 4.69) is 16.0 Å². The highest BCUT2D eigenvalue weighted by Crippen LogP contribution is 2.21. The van der Waals surface area contributed by atoms with E-state index in [1.165, 1.54) is 17.0 Å². The van der Waals surface area contributed by atoms with Crippen molar-refractivity contribution in [3.8, 4) is 0 Å². The van der Waals surface area contributed by atoms with Gasteiger partial charge in [-0.3, -0.25) is 5.32 Å². The predicted molar refractivity (Wildman–Crippen MR) is 89.5 cm³/mol. The highest BCUT2D eigenvalue weighted by Gasteiger charge is 2.37. The monoisotopic (exact) mass is 370 g/mol. The van der Waals surface area contributed by atoms with Gasteiger partial charge in [0, 0.05) is 30.3 Å². The molecule has 0 bridgehead atoms. The summed E-state index contributed by atoms with van der Waals surface area (Å²) in [5.41, 5.74) is 0.611. The van der Waals surface area contributed by atoms with E-state index in [-0.39, 0.29) is 17.1 Å². The van der Waals surface area contributed by atoms with E-state index in [1.54, 1.807) is 13.0 Å². The molecule has 1 aromatic rings. The molecule has 7 nitrogen and oxygen atoms in total. The zero-order valence-electron chi connectivity index (χ0n) is 13.7. The van der Waals surface area contributed by atoms with Gasteiger partial charge in [0.25, 0.3) is 0 Å². The van der Waals surface area contributed by atoms with Crippen molar-refractivity contribution in [2.24, 2.45) is 0 Å². The second kappa shape index (κ2) is 7.55. The third kappa shape index (κ3) is 4.20. The maximum atomic E-state index is 13.5. The van der Waals surface area contributed by atoms with E-state index >= 15 is 0 Å². The van der Waals surface area contributed by atoms with Crippen LogP contribution in [0.25, 0.3) is 0 Å². The molecule has 25 heavy (non-hydrogen) atoms. The Labute approximate surface area is 149 Å². The van der Waals surface area contributed by atoms with Crippen molar-refractivity contribution in [1.82, 2.24) is 20.9 Å². The normalized spacial score (nSPS) is 21.0. The van der Waals surface area contributed by atoms with E-state index in [0.717, 1.165) is 0 Å². The molecule has 0 spiro atoms. The van der Waals surface area contributed by atoms with E-state index in [0.29, 0.717) is 31.6 Å². The molecule has 2 heterocycles. The lowest BCUT2D eigenvalue weighted by atomic mass is 10.1. The Morgan fingerprint density at radius 1 is 1.24 bits per heavy atom. The average Bonchev–Trinajstić information content (AvgIpc) is 2.54. The Morgan fingerprint density at radius 3 is 2.48 bits per heavy atom. The predicted octanol–water partition coefficient (Wildman–Crippen LogP) is 2.33. The van der Waals surface area contributed by atoms with Crippen molar-refractivity contribution in [2.45, 2.75) is 38.1 Å². The summed E-state index contributed by atoms with van der Waals surface area (Å²) >= 11 is 5.86. The summed E-state index contributed by atoms with van der Waals surface area (Å²) in [6, 6.07) is 2.76. The highest BCUT2D eigenvalue weighted by atomic mass is 35.5. The molecule has 0 aromatic heterocycles. The molecule has 3 N–H and O–H groups in total. The van der Waals surface area contributed by atoms with Gasteiger partial charge in [0.2, 0.25) is 0 Å². The summed E-state index contributed by atoms with van der Waals surface area (Å²) in [6.07, 6.45) is 0.488. The van der Waals surface area contributed by atoms with Crippen molar-refractivity contribution in [3.05, 3.63) is 34.6 Å². The maximum absolute atomic E-state index is 13.5. The minimum absolute atomic E-state index is 0.172. The van der Waals surface area contributed by atoms with E-state index in [4.69, 9.17) is 16.3 Å². The molecule has 1 atom stereocenters. The Bertz CT molecular complexity index is 631. The van der Waals surface area contributed by atoms with Crippen molar-refractivity contribution in [2.75, 3.05) is 13.2 Å². The summed E-state index contributed by atoms with van der Waals surface area (Å²) in [4.78, 5) is 25.9. The number of nitrogens with one attached hydrogen (secondary N) is 3. The molecule has 0 radical (unpaired) electrons. The van der Waals surface area contributed by atoms with Gasteiger partial charge >= 0.3 is 12.1 Å². The van der Waals surface area contributed by atoms with Gasteiger partial charge in [-0.1, -0.05) is 11.6 Å². The summed E-state index contributed by atoms with van der Waals surface area (Å²) in [6.45, 7) is 2.84. The van der Waals surface area contributed by atoms with Crippen LogP contribution in [0.15, 0.2) is 18.2 Å². The van der Waals surface area contributed by atoms with Gasteiger partial charge in [0.05, 0.1) is 0 Å². The number of carbonyl (C=O) groups excluding carboxylic acids is 2. The zero-order valence-corrected chi connectivity index (χ0v) is 14.5. The molecule has 0 unspecified atom stereocenters. The Kier molecular flexibility index (Phi) is 5.41. The number of ether oxygens (including phenoxy) is 1. The number of rotatable bonds is 4. The minimum atomic E-state index is -0.756. The quantitative estimate of drug-likeness (QED) is 0.759. The largest absolute Gasteiger partial charge is 0.381 e. The molecule has 2 fully saturated rings. The van der Waals surface area contributed by atoms with Gasteiger partial charge in [0.1, 0.15) is 5.82 Å². The van der Waals surface area contributed by atoms with Crippen molar-refractivity contribution in [3.63, 3.8) is 0 Å².